The molecule has 0 aliphatic carbocycles. The number of aliphatic hydroxyl groups excluding tert-OH is 1. The van der Waals surface area contributed by atoms with E-state index in [1.165, 1.54) is 12.0 Å². The van der Waals surface area contributed by atoms with Gasteiger partial charge in [0.15, 0.2) is 0 Å². The summed E-state index contributed by atoms with van der Waals surface area (Å²) in [5, 5.41) is 14.3. The summed E-state index contributed by atoms with van der Waals surface area (Å²) in [7, 11) is 0. The van der Waals surface area contributed by atoms with E-state index >= 15 is 0 Å². The van der Waals surface area contributed by atoms with Crippen molar-refractivity contribution in [3.8, 4) is 0 Å². The summed E-state index contributed by atoms with van der Waals surface area (Å²) in [4.78, 5) is 2.35. The number of hydrogen-bond acceptors (Lipinski definition) is 3. The summed E-state index contributed by atoms with van der Waals surface area (Å²) < 4.78 is 1.79. The van der Waals surface area contributed by atoms with Crippen molar-refractivity contribution in [3.63, 3.8) is 0 Å². The van der Waals surface area contributed by atoms with Crippen molar-refractivity contribution < 1.29 is 5.11 Å². The molecule has 1 aliphatic rings. The van der Waals surface area contributed by atoms with Crippen LogP contribution in [-0.2, 0) is 6.54 Å². The molecule has 0 amide bonds. The summed E-state index contributed by atoms with van der Waals surface area (Å²) in [5.41, 5.74) is 1.41. The van der Waals surface area contributed by atoms with Crippen LogP contribution in [0, 0.1) is 0 Å². The van der Waals surface area contributed by atoms with Crippen LogP contribution in [0.1, 0.15) is 17.9 Å². The fourth-order valence-electron chi connectivity index (χ4n) is 2.98. The Morgan fingerprint density at radius 3 is 2.80 bits per heavy atom. The molecule has 2 aromatic rings. The summed E-state index contributed by atoms with van der Waals surface area (Å²) in [6.45, 7) is 3.40. The molecule has 1 fully saturated rings. The van der Waals surface area contributed by atoms with Gasteiger partial charge in [-0.05, 0) is 30.5 Å². The lowest BCUT2D eigenvalue weighted by Gasteiger charge is -2.20. The van der Waals surface area contributed by atoms with Gasteiger partial charge in [0, 0.05) is 25.5 Å². The fraction of sp³-hybridized carbons (Fsp3) is 0.438. The highest BCUT2D eigenvalue weighted by Gasteiger charge is 2.25. The molecule has 0 saturated carbocycles. The minimum atomic E-state index is -0.357. The first-order valence-electron chi connectivity index (χ1n) is 7.24. The van der Waals surface area contributed by atoms with Gasteiger partial charge in [-0.1, -0.05) is 30.3 Å². The Bertz CT molecular complexity index is 512. The zero-order valence-electron chi connectivity index (χ0n) is 11.6. The van der Waals surface area contributed by atoms with Gasteiger partial charge < -0.3 is 10.0 Å². The van der Waals surface area contributed by atoms with E-state index in [4.69, 9.17) is 0 Å². The topological polar surface area (TPSA) is 41.3 Å². The Morgan fingerprint density at radius 1 is 1.20 bits per heavy atom. The number of aliphatic hydroxyl groups is 1. The van der Waals surface area contributed by atoms with Crippen LogP contribution in [-0.4, -0.2) is 45.5 Å². The third-order valence-electron chi connectivity index (χ3n) is 3.97. The van der Waals surface area contributed by atoms with Crippen LogP contribution in [0.5, 0.6) is 0 Å². The second-order valence-corrected chi connectivity index (χ2v) is 5.54. The molecule has 0 spiro atoms. The van der Waals surface area contributed by atoms with Crippen molar-refractivity contribution in [1.29, 1.82) is 0 Å². The van der Waals surface area contributed by atoms with Gasteiger partial charge in [0.25, 0.3) is 0 Å². The van der Waals surface area contributed by atoms with E-state index in [0.717, 1.165) is 19.6 Å². The highest BCUT2D eigenvalue weighted by Crippen LogP contribution is 2.26. The number of benzene rings is 1. The molecule has 0 bridgehead atoms. The summed E-state index contributed by atoms with van der Waals surface area (Å²) >= 11 is 0. The van der Waals surface area contributed by atoms with Gasteiger partial charge >= 0.3 is 0 Å². The Labute approximate surface area is 119 Å². The first kappa shape index (κ1) is 13.3. The van der Waals surface area contributed by atoms with Crippen LogP contribution in [0.4, 0.5) is 0 Å². The summed E-state index contributed by atoms with van der Waals surface area (Å²) in [5.74, 6) is 0.605. The normalized spacial score (nSPS) is 21.1. The number of nitrogens with zero attached hydrogens (tertiary/aromatic N) is 3. The van der Waals surface area contributed by atoms with E-state index in [-0.39, 0.29) is 6.10 Å². The Hall–Kier alpha value is -1.65. The first-order valence-corrected chi connectivity index (χ1v) is 7.24. The van der Waals surface area contributed by atoms with Gasteiger partial charge in [0.05, 0.1) is 12.6 Å². The number of likely N-dealkylation sites (tertiary alicyclic amines) is 1. The number of hydrogen-bond donors (Lipinski definition) is 1. The first-order chi connectivity index (χ1) is 9.81. The molecular formula is C16H21N3O. The van der Waals surface area contributed by atoms with E-state index in [2.05, 4.69) is 40.3 Å². The quantitative estimate of drug-likeness (QED) is 0.900. The molecule has 1 saturated heterocycles. The summed E-state index contributed by atoms with van der Waals surface area (Å²) in [6, 6.07) is 12.6. The van der Waals surface area contributed by atoms with Gasteiger partial charge in [0.2, 0.25) is 0 Å². The number of rotatable bonds is 5. The third-order valence-corrected chi connectivity index (χ3v) is 3.97. The molecule has 20 heavy (non-hydrogen) atoms. The zero-order valence-corrected chi connectivity index (χ0v) is 11.6. The van der Waals surface area contributed by atoms with Crippen LogP contribution in [0.15, 0.2) is 48.8 Å². The molecule has 1 aliphatic heterocycles. The van der Waals surface area contributed by atoms with Crippen LogP contribution >= 0.6 is 0 Å². The monoisotopic (exact) mass is 271 g/mol. The van der Waals surface area contributed by atoms with Crippen LogP contribution in [0.3, 0.4) is 0 Å². The molecule has 2 heterocycles. The lowest BCUT2D eigenvalue weighted by atomic mass is 9.99. The standard InChI is InChI=1S/C16H21N3O/c20-16(13-19-9-4-8-17-19)12-18-10-7-15(11-18)14-5-2-1-3-6-14/h1-6,8-9,15-16,20H,7,10-13H2/t15-,16-/m1/s1. The number of aromatic nitrogens is 2. The highest BCUT2D eigenvalue weighted by atomic mass is 16.3. The minimum Gasteiger partial charge on any atom is -0.390 e. The van der Waals surface area contributed by atoms with Gasteiger partial charge in [-0.3, -0.25) is 4.68 Å². The van der Waals surface area contributed by atoms with Crippen molar-refractivity contribution in [2.75, 3.05) is 19.6 Å². The molecule has 2 atom stereocenters. The second kappa shape index (κ2) is 6.20. The van der Waals surface area contributed by atoms with Gasteiger partial charge in [-0.15, -0.1) is 0 Å². The maximum Gasteiger partial charge on any atom is 0.0862 e. The maximum absolute atomic E-state index is 10.1. The fourth-order valence-corrected chi connectivity index (χ4v) is 2.98. The maximum atomic E-state index is 10.1. The Morgan fingerprint density at radius 2 is 2.05 bits per heavy atom. The van der Waals surface area contributed by atoms with E-state index in [1.807, 2.05) is 12.3 Å². The lowest BCUT2D eigenvalue weighted by molar-refractivity contribution is 0.105. The molecule has 106 valence electrons. The average Bonchev–Trinajstić information content (AvgIpc) is 3.11. The van der Waals surface area contributed by atoms with E-state index < -0.39 is 0 Å². The largest absolute Gasteiger partial charge is 0.390 e. The Balaban J connectivity index is 1.50. The molecule has 4 nitrogen and oxygen atoms in total. The smallest absolute Gasteiger partial charge is 0.0862 e. The predicted molar refractivity (Wildman–Crippen MR) is 78.5 cm³/mol. The SMILES string of the molecule is O[C@H](CN1CC[C@@H](c2ccccc2)C1)Cn1cccn1. The molecule has 0 radical (unpaired) electrons. The van der Waals surface area contributed by atoms with Crippen molar-refractivity contribution in [3.05, 3.63) is 54.4 Å². The number of β-amino-alcohol motifs (C(OH)–C–C–N with tert-alkyl or cyclic N) is 1. The molecule has 0 unspecified atom stereocenters. The molecule has 1 aromatic carbocycles. The molecule has 1 aromatic heterocycles. The van der Waals surface area contributed by atoms with Gasteiger partial charge in [-0.2, -0.15) is 5.10 Å². The molecule has 3 rings (SSSR count). The molecule has 1 N–H and O–H groups in total. The van der Waals surface area contributed by atoms with Crippen molar-refractivity contribution in [2.24, 2.45) is 0 Å². The van der Waals surface area contributed by atoms with Crippen molar-refractivity contribution in [2.45, 2.75) is 25.0 Å². The highest BCUT2D eigenvalue weighted by molar-refractivity contribution is 5.20. The van der Waals surface area contributed by atoms with Gasteiger partial charge in [-0.25, -0.2) is 0 Å². The lowest BCUT2D eigenvalue weighted by Crippen LogP contribution is -2.33. The van der Waals surface area contributed by atoms with Crippen LogP contribution < -0.4 is 0 Å². The van der Waals surface area contributed by atoms with E-state index in [1.54, 1.807) is 10.9 Å². The van der Waals surface area contributed by atoms with E-state index in [9.17, 15) is 5.11 Å². The van der Waals surface area contributed by atoms with E-state index in [0.29, 0.717) is 12.5 Å². The minimum absolute atomic E-state index is 0.357. The average molecular weight is 271 g/mol. The molecule has 4 heteroatoms. The third kappa shape index (κ3) is 3.26. The Kier molecular flexibility index (Phi) is 4.14. The van der Waals surface area contributed by atoms with Crippen LogP contribution in [0.25, 0.3) is 0 Å². The van der Waals surface area contributed by atoms with Crippen molar-refractivity contribution in [1.82, 2.24) is 14.7 Å². The zero-order chi connectivity index (χ0) is 13.8. The van der Waals surface area contributed by atoms with Gasteiger partial charge in [0.1, 0.15) is 0 Å². The van der Waals surface area contributed by atoms with Crippen LogP contribution in [0.2, 0.25) is 0 Å². The summed E-state index contributed by atoms with van der Waals surface area (Å²) in [6.07, 6.45) is 4.45. The predicted octanol–water partition coefficient (Wildman–Crippen LogP) is 1.73. The van der Waals surface area contributed by atoms with Crippen molar-refractivity contribution >= 4 is 0 Å². The molecular weight excluding hydrogens is 250 g/mol. The second-order valence-electron chi connectivity index (χ2n) is 5.54.